The minimum atomic E-state index is 0.294. The standard InChI is InChI=1S/C22H21NO/c1-14-10-11-17-12-18-13-21(23(24-18)22(17)15(14)2)20-9-5-7-16-6-3-4-8-19(16)20/h3-11,18,21H,12-13H2,1-2H3/t18-,21+/m1/s1. The molecule has 0 radical (unpaired) electrons. The van der Waals surface area contributed by atoms with Crippen molar-refractivity contribution in [2.75, 3.05) is 5.06 Å². The Labute approximate surface area is 142 Å². The van der Waals surface area contributed by atoms with Crippen LogP contribution in [0.3, 0.4) is 0 Å². The summed E-state index contributed by atoms with van der Waals surface area (Å²) in [5.41, 5.74) is 6.78. The van der Waals surface area contributed by atoms with Crippen molar-refractivity contribution in [1.82, 2.24) is 0 Å². The van der Waals surface area contributed by atoms with Gasteiger partial charge in [-0.2, -0.15) is 0 Å². The minimum absolute atomic E-state index is 0.294. The Bertz CT molecular complexity index is 941. The number of nitrogens with zero attached hydrogens (tertiary/aromatic N) is 1. The fraction of sp³-hybridized carbons (Fsp3) is 0.273. The van der Waals surface area contributed by atoms with E-state index in [0.717, 1.165) is 12.8 Å². The molecule has 0 spiro atoms. The largest absolute Gasteiger partial charge is 0.269 e. The highest BCUT2D eigenvalue weighted by Crippen LogP contribution is 2.47. The van der Waals surface area contributed by atoms with E-state index < -0.39 is 0 Å². The van der Waals surface area contributed by atoms with Crippen LogP contribution in [0.4, 0.5) is 5.69 Å². The van der Waals surface area contributed by atoms with Gasteiger partial charge in [0.05, 0.1) is 17.8 Å². The summed E-state index contributed by atoms with van der Waals surface area (Å²) in [5.74, 6) is 0. The number of anilines is 1. The van der Waals surface area contributed by atoms with Gasteiger partial charge >= 0.3 is 0 Å². The molecule has 0 saturated carbocycles. The number of hydrogen-bond acceptors (Lipinski definition) is 2. The summed E-state index contributed by atoms with van der Waals surface area (Å²) in [6.45, 7) is 4.40. The summed E-state index contributed by atoms with van der Waals surface area (Å²) in [6, 6.07) is 20.1. The quantitative estimate of drug-likeness (QED) is 0.607. The SMILES string of the molecule is Cc1ccc2c(c1C)N1O[C@H](C2)C[C@H]1c1cccc2ccccc12. The van der Waals surface area contributed by atoms with E-state index in [4.69, 9.17) is 4.84 Å². The Morgan fingerprint density at radius 3 is 2.71 bits per heavy atom. The maximum Gasteiger partial charge on any atom is 0.0921 e. The van der Waals surface area contributed by atoms with E-state index >= 15 is 0 Å². The molecular formula is C22H21NO. The fourth-order valence-electron chi connectivity index (χ4n) is 4.32. The molecule has 0 N–H and O–H groups in total. The lowest BCUT2D eigenvalue weighted by atomic mass is 9.95. The molecule has 3 aromatic rings. The van der Waals surface area contributed by atoms with E-state index in [1.807, 2.05) is 0 Å². The molecule has 2 aliphatic rings. The smallest absolute Gasteiger partial charge is 0.0921 e. The first kappa shape index (κ1) is 14.1. The van der Waals surface area contributed by atoms with E-state index in [0.29, 0.717) is 12.1 Å². The number of fused-ring (bicyclic) bond motifs is 5. The topological polar surface area (TPSA) is 12.5 Å². The molecule has 1 saturated heterocycles. The predicted octanol–water partition coefficient (Wildman–Crippen LogP) is 5.26. The predicted molar refractivity (Wildman–Crippen MR) is 98.3 cm³/mol. The number of aryl methyl sites for hydroxylation is 1. The van der Waals surface area contributed by atoms with Crippen LogP contribution in [-0.2, 0) is 11.3 Å². The highest BCUT2D eigenvalue weighted by atomic mass is 16.7. The molecule has 0 unspecified atom stereocenters. The van der Waals surface area contributed by atoms with Crippen LogP contribution >= 0.6 is 0 Å². The first-order chi connectivity index (χ1) is 11.7. The molecule has 3 aromatic carbocycles. The Hall–Kier alpha value is -2.32. The monoisotopic (exact) mass is 315 g/mol. The van der Waals surface area contributed by atoms with E-state index in [1.54, 1.807) is 0 Å². The lowest BCUT2D eigenvalue weighted by Crippen LogP contribution is -2.28. The Morgan fingerprint density at radius 2 is 1.79 bits per heavy atom. The number of benzene rings is 3. The zero-order chi connectivity index (χ0) is 16.3. The molecule has 24 heavy (non-hydrogen) atoms. The molecule has 1 fully saturated rings. The Balaban J connectivity index is 1.69. The second-order valence-corrected chi connectivity index (χ2v) is 7.09. The first-order valence-electron chi connectivity index (χ1n) is 8.75. The van der Waals surface area contributed by atoms with Crippen LogP contribution in [0.25, 0.3) is 10.8 Å². The highest BCUT2D eigenvalue weighted by Gasteiger charge is 2.41. The van der Waals surface area contributed by atoms with Crippen molar-refractivity contribution in [3.05, 3.63) is 76.9 Å². The number of hydroxylamine groups is 1. The van der Waals surface area contributed by atoms with Gasteiger partial charge in [0.25, 0.3) is 0 Å². The summed E-state index contributed by atoms with van der Waals surface area (Å²) in [5, 5.41) is 4.85. The van der Waals surface area contributed by atoms with Crippen molar-refractivity contribution < 1.29 is 4.84 Å². The third-order valence-corrected chi connectivity index (χ3v) is 5.67. The van der Waals surface area contributed by atoms with Gasteiger partial charge in [0.15, 0.2) is 0 Å². The third-order valence-electron chi connectivity index (χ3n) is 5.67. The lowest BCUT2D eigenvalue weighted by molar-refractivity contribution is 0.0732. The molecule has 2 heterocycles. The molecule has 0 aliphatic carbocycles. The molecule has 5 rings (SSSR count). The van der Waals surface area contributed by atoms with Gasteiger partial charge in [0.1, 0.15) is 0 Å². The maximum absolute atomic E-state index is 6.31. The summed E-state index contributed by atoms with van der Waals surface area (Å²) in [7, 11) is 0. The minimum Gasteiger partial charge on any atom is -0.269 e. The van der Waals surface area contributed by atoms with Crippen molar-refractivity contribution >= 4 is 16.5 Å². The van der Waals surface area contributed by atoms with Gasteiger partial charge < -0.3 is 0 Å². The Morgan fingerprint density at radius 1 is 0.958 bits per heavy atom. The van der Waals surface area contributed by atoms with Gasteiger partial charge in [-0.1, -0.05) is 54.6 Å². The second-order valence-electron chi connectivity index (χ2n) is 7.09. The van der Waals surface area contributed by atoms with Crippen LogP contribution in [-0.4, -0.2) is 6.10 Å². The zero-order valence-corrected chi connectivity index (χ0v) is 14.1. The summed E-state index contributed by atoms with van der Waals surface area (Å²) >= 11 is 0. The van der Waals surface area contributed by atoms with Gasteiger partial charge in [-0.25, -0.2) is 5.06 Å². The molecule has 2 aliphatic heterocycles. The van der Waals surface area contributed by atoms with Gasteiger partial charge in [0, 0.05) is 12.8 Å². The number of rotatable bonds is 1. The van der Waals surface area contributed by atoms with Crippen molar-refractivity contribution in [1.29, 1.82) is 0 Å². The van der Waals surface area contributed by atoms with E-state index in [2.05, 4.69) is 73.5 Å². The van der Waals surface area contributed by atoms with Crippen molar-refractivity contribution in [2.45, 2.75) is 38.8 Å². The molecule has 0 amide bonds. The highest BCUT2D eigenvalue weighted by molar-refractivity contribution is 5.86. The lowest BCUT2D eigenvalue weighted by Gasteiger charge is -2.32. The van der Waals surface area contributed by atoms with E-state index in [1.165, 1.54) is 38.7 Å². The average Bonchev–Trinajstić information content (AvgIpc) is 2.94. The molecule has 0 aromatic heterocycles. The second kappa shape index (κ2) is 5.09. The van der Waals surface area contributed by atoms with E-state index in [9.17, 15) is 0 Å². The fourth-order valence-corrected chi connectivity index (χ4v) is 4.32. The normalized spacial score (nSPS) is 22.0. The van der Waals surface area contributed by atoms with Crippen LogP contribution in [0.5, 0.6) is 0 Å². The first-order valence-corrected chi connectivity index (χ1v) is 8.75. The van der Waals surface area contributed by atoms with Gasteiger partial charge in [-0.3, -0.25) is 4.84 Å². The summed E-state index contributed by atoms with van der Waals surface area (Å²) in [4.78, 5) is 6.31. The van der Waals surface area contributed by atoms with Crippen LogP contribution in [0, 0.1) is 13.8 Å². The van der Waals surface area contributed by atoms with Crippen LogP contribution < -0.4 is 5.06 Å². The van der Waals surface area contributed by atoms with Gasteiger partial charge in [-0.05, 0) is 46.9 Å². The summed E-state index contributed by atoms with van der Waals surface area (Å²) < 4.78 is 0. The van der Waals surface area contributed by atoms with Gasteiger partial charge in [0.2, 0.25) is 0 Å². The number of hydrogen-bond donors (Lipinski definition) is 0. The molecule has 2 bridgehead atoms. The van der Waals surface area contributed by atoms with Crippen LogP contribution in [0.15, 0.2) is 54.6 Å². The van der Waals surface area contributed by atoms with Crippen molar-refractivity contribution in [2.24, 2.45) is 0 Å². The van der Waals surface area contributed by atoms with E-state index in [-0.39, 0.29) is 0 Å². The van der Waals surface area contributed by atoms with Crippen LogP contribution in [0.2, 0.25) is 0 Å². The maximum atomic E-state index is 6.31. The van der Waals surface area contributed by atoms with Gasteiger partial charge in [-0.15, -0.1) is 0 Å². The third kappa shape index (κ3) is 1.93. The van der Waals surface area contributed by atoms with Crippen LogP contribution in [0.1, 0.15) is 34.7 Å². The molecule has 120 valence electrons. The molecule has 2 heteroatoms. The summed E-state index contributed by atoms with van der Waals surface area (Å²) in [6.07, 6.45) is 2.37. The van der Waals surface area contributed by atoms with Crippen molar-refractivity contribution in [3.8, 4) is 0 Å². The van der Waals surface area contributed by atoms with Crippen molar-refractivity contribution in [3.63, 3.8) is 0 Å². The Kier molecular flexibility index (Phi) is 2.98. The average molecular weight is 315 g/mol. The zero-order valence-electron chi connectivity index (χ0n) is 14.1. The molecule has 2 nitrogen and oxygen atoms in total. The molecule has 2 atom stereocenters. The molecular weight excluding hydrogens is 294 g/mol.